The molecule has 2 aromatic carbocycles. The molecule has 2 heterocycles. The number of nitrogens with one attached hydrogen (secondary N) is 1. The third-order valence-electron chi connectivity index (χ3n) is 6.94. The van der Waals surface area contributed by atoms with Crippen LogP contribution in [0, 0.1) is 20.8 Å². The van der Waals surface area contributed by atoms with Gasteiger partial charge in [-0.1, -0.05) is 38.5 Å². The zero-order chi connectivity index (χ0) is 27.6. The first-order valence-electron chi connectivity index (χ1n) is 13.0. The highest BCUT2D eigenvalue weighted by molar-refractivity contribution is 6.05. The number of benzene rings is 2. The van der Waals surface area contributed by atoms with Crippen LogP contribution in [-0.2, 0) is 21.4 Å². The Labute approximate surface area is 224 Å². The standard InChI is InChI=1S/C30H38N4O4/c1-19-14-20(2)24(21(3)15-19)18-34-26(17-27(32-34)30(4,5)6)28(35)31-22-8-9-25(23(16-22)29(36)37-7)33-10-12-38-13-11-33/h8-9,14-17H,10-13,18H2,1-7H3,(H,31,35). The molecule has 0 bridgehead atoms. The summed E-state index contributed by atoms with van der Waals surface area (Å²) in [5, 5.41) is 7.83. The summed E-state index contributed by atoms with van der Waals surface area (Å²) in [6.45, 7) is 15.6. The van der Waals surface area contributed by atoms with E-state index in [-0.39, 0.29) is 11.3 Å². The van der Waals surface area contributed by atoms with E-state index in [2.05, 4.69) is 63.9 Å². The fourth-order valence-electron chi connectivity index (χ4n) is 4.86. The summed E-state index contributed by atoms with van der Waals surface area (Å²) in [7, 11) is 1.36. The van der Waals surface area contributed by atoms with Crippen molar-refractivity contribution in [2.45, 2.75) is 53.5 Å². The minimum Gasteiger partial charge on any atom is -0.465 e. The second kappa shape index (κ2) is 11.0. The molecule has 0 saturated carbocycles. The van der Waals surface area contributed by atoms with E-state index in [1.165, 1.54) is 23.8 Å². The van der Waals surface area contributed by atoms with Gasteiger partial charge in [-0.2, -0.15) is 5.10 Å². The molecule has 1 aromatic heterocycles. The fourth-order valence-corrected chi connectivity index (χ4v) is 4.86. The average Bonchev–Trinajstić information content (AvgIpc) is 3.31. The molecule has 8 heteroatoms. The monoisotopic (exact) mass is 518 g/mol. The van der Waals surface area contributed by atoms with Gasteiger partial charge in [0.1, 0.15) is 5.69 Å². The van der Waals surface area contributed by atoms with Gasteiger partial charge in [-0.25, -0.2) is 4.79 Å². The van der Waals surface area contributed by atoms with E-state index < -0.39 is 5.97 Å². The molecule has 1 aliphatic rings. The predicted octanol–water partition coefficient (Wildman–Crippen LogP) is 5.03. The predicted molar refractivity (Wildman–Crippen MR) is 149 cm³/mol. The van der Waals surface area contributed by atoms with Gasteiger partial charge >= 0.3 is 5.97 Å². The van der Waals surface area contributed by atoms with E-state index in [4.69, 9.17) is 14.6 Å². The number of aryl methyl sites for hydroxylation is 3. The Balaban J connectivity index is 1.67. The number of hydrogen-bond donors (Lipinski definition) is 1. The Bertz CT molecular complexity index is 1320. The van der Waals surface area contributed by atoms with Crippen LogP contribution in [0.5, 0.6) is 0 Å². The molecule has 0 atom stereocenters. The molecule has 202 valence electrons. The van der Waals surface area contributed by atoms with Crippen molar-refractivity contribution in [2.24, 2.45) is 0 Å². The van der Waals surface area contributed by atoms with Crippen LogP contribution in [0.4, 0.5) is 11.4 Å². The van der Waals surface area contributed by atoms with Gasteiger partial charge in [0.2, 0.25) is 0 Å². The van der Waals surface area contributed by atoms with Crippen molar-refractivity contribution in [3.8, 4) is 0 Å². The number of amides is 1. The van der Waals surface area contributed by atoms with Crippen molar-refractivity contribution < 1.29 is 19.1 Å². The second-order valence-electron chi connectivity index (χ2n) is 11.0. The first kappa shape index (κ1) is 27.4. The third kappa shape index (κ3) is 5.91. The lowest BCUT2D eigenvalue weighted by Crippen LogP contribution is -2.37. The zero-order valence-corrected chi connectivity index (χ0v) is 23.5. The topological polar surface area (TPSA) is 85.7 Å². The van der Waals surface area contributed by atoms with Crippen LogP contribution in [-0.4, -0.2) is 55.1 Å². The van der Waals surface area contributed by atoms with Gasteiger partial charge in [-0.15, -0.1) is 0 Å². The molecule has 1 N–H and O–H groups in total. The number of ether oxygens (including phenoxy) is 2. The fraction of sp³-hybridized carbons (Fsp3) is 0.433. The van der Waals surface area contributed by atoms with Crippen molar-refractivity contribution in [2.75, 3.05) is 43.6 Å². The average molecular weight is 519 g/mol. The van der Waals surface area contributed by atoms with Crippen molar-refractivity contribution in [1.82, 2.24) is 9.78 Å². The highest BCUT2D eigenvalue weighted by Crippen LogP contribution is 2.28. The number of anilines is 2. The van der Waals surface area contributed by atoms with Crippen molar-refractivity contribution in [3.63, 3.8) is 0 Å². The molecule has 0 unspecified atom stereocenters. The lowest BCUT2D eigenvalue weighted by atomic mass is 9.92. The number of carbonyl (C=O) groups excluding carboxylic acids is 2. The van der Waals surface area contributed by atoms with E-state index in [0.717, 1.165) is 16.9 Å². The van der Waals surface area contributed by atoms with Gasteiger partial charge in [-0.05, 0) is 61.7 Å². The van der Waals surface area contributed by atoms with Gasteiger partial charge in [0, 0.05) is 24.2 Å². The van der Waals surface area contributed by atoms with Crippen LogP contribution in [0.25, 0.3) is 0 Å². The molecule has 1 aliphatic heterocycles. The molecule has 0 radical (unpaired) electrons. The van der Waals surface area contributed by atoms with Crippen LogP contribution in [0.2, 0.25) is 0 Å². The number of hydrogen-bond acceptors (Lipinski definition) is 6. The van der Waals surface area contributed by atoms with Crippen LogP contribution in [0.1, 0.15) is 69.6 Å². The largest absolute Gasteiger partial charge is 0.465 e. The van der Waals surface area contributed by atoms with Gasteiger partial charge in [0.25, 0.3) is 5.91 Å². The smallest absolute Gasteiger partial charge is 0.340 e. The van der Waals surface area contributed by atoms with Gasteiger partial charge in [-0.3, -0.25) is 9.48 Å². The Morgan fingerprint density at radius 1 is 1.03 bits per heavy atom. The molecule has 1 saturated heterocycles. The number of rotatable bonds is 6. The van der Waals surface area contributed by atoms with Gasteiger partial charge < -0.3 is 19.7 Å². The molecule has 8 nitrogen and oxygen atoms in total. The molecular formula is C30H38N4O4. The Kier molecular flexibility index (Phi) is 7.92. The van der Waals surface area contributed by atoms with Crippen molar-refractivity contribution in [3.05, 3.63) is 75.6 Å². The van der Waals surface area contributed by atoms with E-state index in [9.17, 15) is 9.59 Å². The first-order chi connectivity index (χ1) is 18.0. The molecule has 1 fully saturated rings. The molecule has 0 spiro atoms. The van der Waals surface area contributed by atoms with Crippen LogP contribution < -0.4 is 10.2 Å². The molecule has 1 amide bonds. The van der Waals surface area contributed by atoms with Crippen LogP contribution in [0.3, 0.4) is 0 Å². The van der Waals surface area contributed by atoms with Gasteiger partial charge in [0.05, 0.1) is 43.8 Å². The Morgan fingerprint density at radius 2 is 1.68 bits per heavy atom. The summed E-state index contributed by atoms with van der Waals surface area (Å²) in [4.78, 5) is 28.3. The maximum Gasteiger partial charge on any atom is 0.340 e. The number of esters is 1. The van der Waals surface area contributed by atoms with Crippen LogP contribution >= 0.6 is 0 Å². The summed E-state index contributed by atoms with van der Waals surface area (Å²) in [5.41, 5.74) is 7.46. The Morgan fingerprint density at radius 3 is 2.29 bits per heavy atom. The quantitative estimate of drug-likeness (QED) is 0.461. The van der Waals surface area contributed by atoms with Crippen LogP contribution in [0.15, 0.2) is 36.4 Å². The molecular weight excluding hydrogens is 480 g/mol. The maximum atomic E-state index is 13.6. The summed E-state index contributed by atoms with van der Waals surface area (Å²) >= 11 is 0. The molecule has 38 heavy (non-hydrogen) atoms. The second-order valence-corrected chi connectivity index (χ2v) is 11.0. The minimum atomic E-state index is -0.451. The number of methoxy groups -OCH3 is 1. The molecule has 3 aromatic rings. The van der Waals surface area contributed by atoms with E-state index in [0.29, 0.717) is 49.8 Å². The normalized spacial score (nSPS) is 13.9. The van der Waals surface area contributed by atoms with Crippen molar-refractivity contribution >= 4 is 23.3 Å². The summed E-state index contributed by atoms with van der Waals surface area (Å²) in [5.74, 6) is -0.738. The first-order valence-corrected chi connectivity index (χ1v) is 13.0. The molecule has 0 aliphatic carbocycles. The van der Waals surface area contributed by atoms with Crippen molar-refractivity contribution in [1.29, 1.82) is 0 Å². The van der Waals surface area contributed by atoms with Gasteiger partial charge in [0.15, 0.2) is 0 Å². The highest BCUT2D eigenvalue weighted by atomic mass is 16.5. The number of aromatic nitrogens is 2. The summed E-state index contributed by atoms with van der Waals surface area (Å²) in [6.07, 6.45) is 0. The zero-order valence-electron chi connectivity index (χ0n) is 23.5. The maximum absolute atomic E-state index is 13.6. The Hall–Kier alpha value is -3.65. The number of morpholine rings is 1. The summed E-state index contributed by atoms with van der Waals surface area (Å²) in [6, 6.07) is 11.5. The highest BCUT2D eigenvalue weighted by Gasteiger charge is 2.25. The third-order valence-corrected chi connectivity index (χ3v) is 6.94. The minimum absolute atomic E-state index is 0.227. The summed E-state index contributed by atoms with van der Waals surface area (Å²) < 4.78 is 12.3. The van der Waals surface area contributed by atoms with E-state index in [1.807, 2.05) is 18.2 Å². The van der Waals surface area contributed by atoms with E-state index in [1.54, 1.807) is 10.7 Å². The number of carbonyl (C=O) groups is 2. The number of nitrogens with zero attached hydrogens (tertiary/aromatic N) is 3. The lowest BCUT2D eigenvalue weighted by molar-refractivity contribution is 0.0600. The SMILES string of the molecule is COC(=O)c1cc(NC(=O)c2cc(C(C)(C)C)nn2Cc2c(C)cc(C)cc2C)ccc1N1CCOCC1. The van der Waals surface area contributed by atoms with E-state index >= 15 is 0 Å². The molecule has 4 rings (SSSR count). The lowest BCUT2D eigenvalue weighted by Gasteiger charge is -2.30.